The molecular formula is C17H23FN4O2. The minimum absolute atomic E-state index is 0.242. The summed E-state index contributed by atoms with van der Waals surface area (Å²) in [5.74, 6) is 0.122. The van der Waals surface area contributed by atoms with Crippen molar-refractivity contribution in [1.82, 2.24) is 15.6 Å². The highest BCUT2D eigenvalue weighted by molar-refractivity contribution is 5.83. The highest BCUT2D eigenvalue weighted by atomic mass is 19.1. The Balaban J connectivity index is 1.90. The Labute approximate surface area is 140 Å². The largest absolute Gasteiger partial charge is 0.469 e. The molecule has 0 aliphatic rings. The lowest BCUT2D eigenvalue weighted by molar-refractivity contribution is -0.140. The summed E-state index contributed by atoms with van der Waals surface area (Å²) < 4.78 is 18.0. The van der Waals surface area contributed by atoms with Gasteiger partial charge in [0.2, 0.25) is 0 Å². The van der Waals surface area contributed by atoms with Gasteiger partial charge in [0.25, 0.3) is 0 Å². The van der Waals surface area contributed by atoms with Crippen molar-refractivity contribution in [1.29, 1.82) is 0 Å². The van der Waals surface area contributed by atoms with Crippen LogP contribution in [0.2, 0.25) is 0 Å². The molecule has 0 aliphatic carbocycles. The molecule has 0 fully saturated rings. The first kappa shape index (κ1) is 17.8. The van der Waals surface area contributed by atoms with Crippen molar-refractivity contribution in [2.45, 2.75) is 19.8 Å². The maximum absolute atomic E-state index is 13.4. The number of guanidine groups is 1. The van der Waals surface area contributed by atoms with Crippen LogP contribution in [-0.2, 0) is 16.0 Å². The number of aliphatic imine (C=N–C) groups is 1. The average Bonchev–Trinajstić information content (AvgIpc) is 2.97. The molecule has 0 saturated heterocycles. The molecule has 0 amide bonds. The first-order valence-corrected chi connectivity index (χ1v) is 7.98. The van der Waals surface area contributed by atoms with Gasteiger partial charge in [-0.2, -0.15) is 0 Å². The van der Waals surface area contributed by atoms with Crippen molar-refractivity contribution < 1.29 is 13.9 Å². The van der Waals surface area contributed by atoms with Gasteiger partial charge >= 0.3 is 5.97 Å². The number of rotatable bonds is 7. The number of methoxy groups -OCH3 is 1. The van der Waals surface area contributed by atoms with E-state index in [0.29, 0.717) is 19.0 Å². The van der Waals surface area contributed by atoms with E-state index in [1.165, 1.54) is 19.2 Å². The van der Waals surface area contributed by atoms with Gasteiger partial charge in [-0.3, -0.25) is 9.79 Å². The molecule has 1 aromatic heterocycles. The molecule has 0 radical (unpaired) electrons. The predicted molar refractivity (Wildman–Crippen MR) is 92.6 cm³/mol. The number of nitrogens with zero attached hydrogens (tertiary/aromatic N) is 1. The molecule has 7 heteroatoms. The zero-order valence-corrected chi connectivity index (χ0v) is 14.0. The van der Waals surface area contributed by atoms with Crippen molar-refractivity contribution in [3.8, 4) is 0 Å². The van der Waals surface area contributed by atoms with Crippen LogP contribution >= 0.6 is 0 Å². The van der Waals surface area contributed by atoms with Gasteiger partial charge in [-0.25, -0.2) is 4.39 Å². The minimum atomic E-state index is -0.282. The van der Waals surface area contributed by atoms with Crippen LogP contribution in [0.5, 0.6) is 0 Å². The van der Waals surface area contributed by atoms with Crippen molar-refractivity contribution in [3.05, 3.63) is 35.8 Å². The average molecular weight is 334 g/mol. The monoisotopic (exact) mass is 334 g/mol. The van der Waals surface area contributed by atoms with Crippen LogP contribution in [0.4, 0.5) is 4.39 Å². The van der Waals surface area contributed by atoms with Gasteiger partial charge in [-0.1, -0.05) is 0 Å². The summed E-state index contributed by atoms with van der Waals surface area (Å²) in [4.78, 5) is 18.6. The summed E-state index contributed by atoms with van der Waals surface area (Å²) in [6.45, 7) is 3.70. The van der Waals surface area contributed by atoms with Crippen molar-refractivity contribution >= 4 is 22.8 Å². The maximum Gasteiger partial charge on any atom is 0.307 e. The van der Waals surface area contributed by atoms with Crippen molar-refractivity contribution in [2.75, 3.05) is 26.7 Å². The number of nitrogens with one attached hydrogen (secondary N) is 3. The molecule has 6 nitrogen and oxygen atoms in total. The third-order valence-electron chi connectivity index (χ3n) is 3.57. The van der Waals surface area contributed by atoms with E-state index in [0.717, 1.165) is 29.4 Å². The van der Waals surface area contributed by atoms with E-state index in [1.807, 2.05) is 13.1 Å². The van der Waals surface area contributed by atoms with Gasteiger partial charge in [0.15, 0.2) is 5.96 Å². The van der Waals surface area contributed by atoms with Gasteiger partial charge in [-0.05, 0) is 37.1 Å². The predicted octanol–water partition coefficient (Wildman–Crippen LogP) is 1.97. The Morgan fingerprint density at radius 1 is 1.38 bits per heavy atom. The lowest BCUT2D eigenvalue weighted by Gasteiger charge is -2.11. The third kappa shape index (κ3) is 4.97. The molecule has 24 heavy (non-hydrogen) atoms. The van der Waals surface area contributed by atoms with E-state index in [4.69, 9.17) is 0 Å². The fourth-order valence-electron chi connectivity index (χ4n) is 2.38. The normalized spacial score (nSPS) is 11.5. The van der Waals surface area contributed by atoms with E-state index in [1.54, 1.807) is 6.07 Å². The Bertz CT molecular complexity index is 712. The van der Waals surface area contributed by atoms with Gasteiger partial charge in [0.05, 0.1) is 20.1 Å². The van der Waals surface area contributed by atoms with Crippen LogP contribution in [-0.4, -0.2) is 43.7 Å². The summed E-state index contributed by atoms with van der Waals surface area (Å²) >= 11 is 0. The first-order valence-electron chi connectivity index (χ1n) is 7.98. The Hall–Kier alpha value is -2.57. The molecule has 0 bridgehead atoms. The number of ether oxygens (including phenoxy) is 1. The van der Waals surface area contributed by atoms with Crippen LogP contribution in [0.1, 0.15) is 18.9 Å². The van der Waals surface area contributed by atoms with Gasteiger partial charge in [-0.15, -0.1) is 0 Å². The zero-order valence-electron chi connectivity index (χ0n) is 14.0. The number of halogens is 1. The van der Waals surface area contributed by atoms with Gasteiger partial charge < -0.3 is 20.4 Å². The molecule has 0 atom stereocenters. The molecule has 0 aliphatic heterocycles. The van der Waals surface area contributed by atoms with E-state index < -0.39 is 0 Å². The Morgan fingerprint density at radius 2 is 2.21 bits per heavy atom. The fourth-order valence-corrected chi connectivity index (χ4v) is 2.38. The van der Waals surface area contributed by atoms with Crippen LogP contribution in [0.25, 0.3) is 10.9 Å². The second-order valence-electron chi connectivity index (χ2n) is 5.27. The fraction of sp³-hybridized carbons (Fsp3) is 0.412. The molecule has 130 valence electrons. The van der Waals surface area contributed by atoms with E-state index in [9.17, 15) is 9.18 Å². The molecule has 2 aromatic rings. The Morgan fingerprint density at radius 3 is 2.96 bits per heavy atom. The van der Waals surface area contributed by atoms with Crippen molar-refractivity contribution in [3.63, 3.8) is 0 Å². The summed E-state index contributed by atoms with van der Waals surface area (Å²) in [6, 6.07) is 4.72. The number of carbonyl (C=O) groups excluding carboxylic acids is 1. The highest BCUT2D eigenvalue weighted by Gasteiger charge is 2.06. The second-order valence-corrected chi connectivity index (χ2v) is 5.27. The number of hydrogen-bond donors (Lipinski definition) is 3. The van der Waals surface area contributed by atoms with E-state index in [2.05, 4.69) is 25.3 Å². The third-order valence-corrected chi connectivity index (χ3v) is 3.57. The molecule has 0 unspecified atom stereocenters. The lowest BCUT2D eigenvalue weighted by Crippen LogP contribution is -2.38. The molecule has 0 saturated carbocycles. The van der Waals surface area contributed by atoms with Gasteiger partial charge in [0.1, 0.15) is 5.82 Å². The molecule has 1 aromatic carbocycles. The van der Waals surface area contributed by atoms with Crippen molar-refractivity contribution in [2.24, 2.45) is 4.99 Å². The molecule has 2 rings (SSSR count). The topological polar surface area (TPSA) is 78.5 Å². The SMILES string of the molecule is CCNC(=NCCC(=O)OC)NCCc1c[nH]c2ccc(F)cc12. The summed E-state index contributed by atoms with van der Waals surface area (Å²) in [6.07, 6.45) is 2.87. The number of aromatic amines is 1. The molecular weight excluding hydrogens is 311 g/mol. The quantitative estimate of drug-likeness (QED) is 0.411. The maximum atomic E-state index is 13.4. The lowest BCUT2D eigenvalue weighted by atomic mass is 10.1. The zero-order chi connectivity index (χ0) is 17.4. The summed E-state index contributed by atoms with van der Waals surface area (Å²) in [7, 11) is 1.36. The van der Waals surface area contributed by atoms with Crippen LogP contribution in [0.15, 0.2) is 29.4 Å². The second kappa shape index (κ2) is 8.90. The smallest absolute Gasteiger partial charge is 0.307 e. The molecule has 1 heterocycles. The van der Waals surface area contributed by atoms with E-state index >= 15 is 0 Å². The number of benzene rings is 1. The number of H-pyrrole nitrogens is 1. The number of hydrogen-bond acceptors (Lipinski definition) is 3. The number of carbonyl (C=O) groups is 1. The summed E-state index contributed by atoms with van der Waals surface area (Å²) in [5, 5.41) is 7.22. The number of fused-ring (bicyclic) bond motifs is 1. The number of aromatic nitrogens is 1. The van der Waals surface area contributed by atoms with Gasteiger partial charge in [0, 0.05) is 30.2 Å². The molecule has 0 spiro atoms. The number of esters is 1. The highest BCUT2D eigenvalue weighted by Crippen LogP contribution is 2.19. The van der Waals surface area contributed by atoms with Crippen LogP contribution < -0.4 is 10.6 Å². The minimum Gasteiger partial charge on any atom is -0.469 e. The first-order chi connectivity index (χ1) is 11.6. The summed E-state index contributed by atoms with van der Waals surface area (Å²) in [5.41, 5.74) is 1.97. The van der Waals surface area contributed by atoms with Crippen LogP contribution in [0.3, 0.4) is 0 Å². The van der Waals surface area contributed by atoms with Crippen LogP contribution in [0, 0.1) is 5.82 Å². The van der Waals surface area contributed by atoms with E-state index in [-0.39, 0.29) is 18.2 Å². The standard InChI is InChI=1S/C17H23FN4O2/c1-3-19-17(21-9-7-16(23)24-2)20-8-6-12-11-22-15-5-4-13(18)10-14(12)15/h4-5,10-11,22H,3,6-9H2,1-2H3,(H2,19,20,21). The Kier molecular flexibility index (Phi) is 6.60. The molecule has 3 N–H and O–H groups in total.